The van der Waals surface area contributed by atoms with E-state index in [-0.39, 0.29) is 10.8 Å². The molecule has 2 aromatic rings. The molecule has 2 aromatic carbocycles. The zero-order chi connectivity index (χ0) is 17.6. The fourth-order valence-corrected chi connectivity index (χ4v) is 2.96. The summed E-state index contributed by atoms with van der Waals surface area (Å²) in [5, 5.41) is 7.43. The van der Waals surface area contributed by atoms with Crippen molar-refractivity contribution in [1.29, 1.82) is 0 Å². The molecule has 0 spiro atoms. The Labute approximate surface area is 147 Å². The minimum absolute atomic E-state index is 0.0361. The molecule has 1 saturated heterocycles. The quantitative estimate of drug-likeness (QED) is 0.657. The van der Waals surface area contributed by atoms with Gasteiger partial charge in [0.1, 0.15) is 0 Å². The highest BCUT2D eigenvalue weighted by Crippen LogP contribution is 2.26. The number of benzene rings is 2. The standard InChI is InChI=1S/C17H10N4O3S/c22-14-13(11-8-4-5-9-12(11)18-14)19-21-16(24)15(23)20(17(21)25)10-6-2-1-3-7-10/h1-9H,(H,18,19,22). The van der Waals surface area contributed by atoms with Crippen LogP contribution in [0.4, 0.5) is 11.4 Å². The molecule has 25 heavy (non-hydrogen) atoms. The highest BCUT2D eigenvalue weighted by molar-refractivity contribution is 7.80. The zero-order valence-electron chi connectivity index (χ0n) is 12.7. The van der Waals surface area contributed by atoms with Crippen LogP contribution in [0, 0.1) is 0 Å². The van der Waals surface area contributed by atoms with Crippen molar-refractivity contribution in [2.45, 2.75) is 0 Å². The van der Waals surface area contributed by atoms with Gasteiger partial charge in [-0.1, -0.05) is 36.4 Å². The molecule has 0 bridgehead atoms. The molecule has 0 saturated carbocycles. The van der Waals surface area contributed by atoms with Gasteiger partial charge in [-0.05, 0) is 30.4 Å². The lowest BCUT2D eigenvalue weighted by molar-refractivity contribution is -0.139. The van der Waals surface area contributed by atoms with Crippen molar-refractivity contribution in [1.82, 2.24) is 5.01 Å². The van der Waals surface area contributed by atoms with Gasteiger partial charge in [0.15, 0.2) is 5.71 Å². The van der Waals surface area contributed by atoms with Gasteiger partial charge in [0.05, 0.1) is 11.4 Å². The lowest BCUT2D eigenvalue weighted by Gasteiger charge is -2.15. The van der Waals surface area contributed by atoms with E-state index in [4.69, 9.17) is 12.2 Å². The molecule has 0 atom stereocenters. The summed E-state index contributed by atoms with van der Waals surface area (Å²) in [4.78, 5) is 37.9. The maximum absolute atomic E-state index is 12.3. The highest BCUT2D eigenvalue weighted by Gasteiger charge is 2.44. The first-order valence-electron chi connectivity index (χ1n) is 7.35. The van der Waals surface area contributed by atoms with Gasteiger partial charge < -0.3 is 5.32 Å². The van der Waals surface area contributed by atoms with Crippen LogP contribution in [0.3, 0.4) is 0 Å². The Hall–Kier alpha value is -3.39. The molecule has 122 valence electrons. The van der Waals surface area contributed by atoms with Crippen molar-refractivity contribution in [3.63, 3.8) is 0 Å². The zero-order valence-corrected chi connectivity index (χ0v) is 13.5. The van der Waals surface area contributed by atoms with Crippen LogP contribution in [0.5, 0.6) is 0 Å². The van der Waals surface area contributed by atoms with Crippen molar-refractivity contribution in [2.24, 2.45) is 5.10 Å². The normalized spacial score (nSPS) is 18.2. The molecule has 1 N–H and O–H groups in total. The summed E-state index contributed by atoms with van der Waals surface area (Å²) < 4.78 is 0. The fraction of sp³-hybridized carbons (Fsp3) is 0. The lowest BCUT2D eigenvalue weighted by atomic mass is 10.1. The van der Waals surface area contributed by atoms with Gasteiger partial charge in [-0.3, -0.25) is 14.4 Å². The molecule has 8 heteroatoms. The number of carbonyl (C=O) groups excluding carboxylic acids is 3. The summed E-state index contributed by atoms with van der Waals surface area (Å²) >= 11 is 5.24. The Balaban J connectivity index is 1.75. The number of amides is 3. The maximum Gasteiger partial charge on any atom is 0.339 e. The largest absolute Gasteiger partial charge is 0.339 e. The highest BCUT2D eigenvalue weighted by atomic mass is 32.1. The van der Waals surface area contributed by atoms with Gasteiger partial charge in [-0.2, -0.15) is 10.1 Å². The van der Waals surface area contributed by atoms with Gasteiger partial charge in [-0.15, -0.1) is 0 Å². The molecule has 7 nitrogen and oxygen atoms in total. The number of hydrazone groups is 1. The first-order chi connectivity index (χ1) is 12.1. The average molecular weight is 350 g/mol. The number of fused-ring (bicyclic) bond motifs is 1. The second-order valence-electron chi connectivity index (χ2n) is 5.32. The third-order valence-corrected chi connectivity index (χ3v) is 4.17. The topological polar surface area (TPSA) is 82.1 Å². The molecular formula is C17H10N4O3S. The van der Waals surface area contributed by atoms with Crippen LogP contribution in [0.1, 0.15) is 5.56 Å². The van der Waals surface area contributed by atoms with Crippen LogP contribution >= 0.6 is 12.2 Å². The third kappa shape index (κ3) is 2.31. The Morgan fingerprint density at radius 1 is 0.880 bits per heavy atom. The SMILES string of the molecule is O=C1Nc2ccccc2/C1=N/N1C(=O)C(=O)N(c2ccccc2)C1=S. The van der Waals surface area contributed by atoms with Crippen molar-refractivity contribution < 1.29 is 14.4 Å². The first-order valence-corrected chi connectivity index (χ1v) is 7.75. The van der Waals surface area contributed by atoms with Crippen LogP contribution in [-0.2, 0) is 14.4 Å². The van der Waals surface area contributed by atoms with Crippen LogP contribution < -0.4 is 10.2 Å². The van der Waals surface area contributed by atoms with Crippen LogP contribution in [0.15, 0.2) is 59.7 Å². The molecule has 0 aromatic heterocycles. The molecule has 3 amide bonds. The summed E-state index contributed by atoms with van der Waals surface area (Å²) in [5.74, 6) is -2.17. The van der Waals surface area contributed by atoms with Gasteiger partial charge in [-0.25, -0.2) is 4.90 Å². The molecular weight excluding hydrogens is 340 g/mol. The number of hydrogen-bond acceptors (Lipinski definition) is 5. The van der Waals surface area contributed by atoms with E-state index < -0.39 is 17.7 Å². The van der Waals surface area contributed by atoms with E-state index in [0.717, 1.165) is 9.91 Å². The summed E-state index contributed by atoms with van der Waals surface area (Å²) in [6.45, 7) is 0. The molecule has 0 aliphatic carbocycles. The summed E-state index contributed by atoms with van der Waals surface area (Å²) in [7, 11) is 0. The predicted molar refractivity (Wildman–Crippen MR) is 95.0 cm³/mol. The van der Waals surface area contributed by atoms with Crippen molar-refractivity contribution in [2.75, 3.05) is 10.2 Å². The first kappa shape index (κ1) is 15.2. The predicted octanol–water partition coefficient (Wildman–Crippen LogP) is 1.50. The molecule has 0 radical (unpaired) electrons. The van der Waals surface area contributed by atoms with Gasteiger partial charge in [0.2, 0.25) is 5.11 Å². The number of carbonyl (C=O) groups is 3. The average Bonchev–Trinajstić information content (AvgIpc) is 3.05. The summed E-state index contributed by atoms with van der Waals surface area (Å²) in [6, 6.07) is 15.5. The Bertz CT molecular complexity index is 971. The van der Waals surface area contributed by atoms with E-state index in [1.54, 1.807) is 54.6 Å². The molecule has 1 fully saturated rings. The van der Waals surface area contributed by atoms with E-state index in [2.05, 4.69) is 10.4 Å². The second kappa shape index (κ2) is 5.60. The van der Waals surface area contributed by atoms with Gasteiger partial charge in [0.25, 0.3) is 5.91 Å². The van der Waals surface area contributed by atoms with E-state index in [1.807, 2.05) is 0 Å². The fourth-order valence-electron chi connectivity index (χ4n) is 2.65. The monoisotopic (exact) mass is 350 g/mol. The molecule has 2 heterocycles. The van der Waals surface area contributed by atoms with Crippen molar-refractivity contribution in [3.05, 3.63) is 60.2 Å². The Morgan fingerprint density at radius 2 is 1.56 bits per heavy atom. The maximum atomic E-state index is 12.3. The number of nitrogens with zero attached hydrogens (tertiary/aromatic N) is 3. The van der Waals surface area contributed by atoms with Gasteiger partial charge >= 0.3 is 11.8 Å². The van der Waals surface area contributed by atoms with Crippen LogP contribution in [0.2, 0.25) is 0 Å². The number of nitrogens with one attached hydrogen (secondary N) is 1. The third-order valence-electron chi connectivity index (χ3n) is 3.81. The van der Waals surface area contributed by atoms with E-state index in [1.165, 1.54) is 0 Å². The molecule has 0 unspecified atom stereocenters. The van der Waals surface area contributed by atoms with E-state index >= 15 is 0 Å². The van der Waals surface area contributed by atoms with Crippen LogP contribution in [-0.4, -0.2) is 33.6 Å². The molecule has 2 aliphatic rings. The smallest absolute Gasteiger partial charge is 0.320 e. The number of anilines is 2. The number of hydrogen-bond donors (Lipinski definition) is 1. The van der Waals surface area contributed by atoms with Crippen molar-refractivity contribution >= 4 is 52.1 Å². The van der Waals surface area contributed by atoms with Gasteiger partial charge in [0, 0.05) is 5.56 Å². The lowest BCUT2D eigenvalue weighted by Crippen LogP contribution is -2.31. The second-order valence-corrected chi connectivity index (χ2v) is 5.69. The number of thiocarbonyl (C=S) groups is 1. The molecule has 2 aliphatic heterocycles. The Morgan fingerprint density at radius 3 is 2.32 bits per heavy atom. The molecule has 4 rings (SSSR count). The minimum Gasteiger partial charge on any atom is -0.320 e. The van der Waals surface area contributed by atoms with E-state index in [0.29, 0.717) is 16.9 Å². The minimum atomic E-state index is -0.904. The number of para-hydroxylation sites is 2. The van der Waals surface area contributed by atoms with E-state index in [9.17, 15) is 14.4 Å². The Kier molecular flexibility index (Phi) is 3.40. The van der Waals surface area contributed by atoms with Crippen molar-refractivity contribution in [3.8, 4) is 0 Å². The number of rotatable bonds is 2. The summed E-state index contributed by atoms with van der Waals surface area (Å²) in [6.07, 6.45) is 0. The van der Waals surface area contributed by atoms with Crippen LogP contribution in [0.25, 0.3) is 0 Å². The summed E-state index contributed by atoms with van der Waals surface area (Å²) in [5.41, 5.74) is 1.64.